The average molecular weight is 249 g/mol. The SMILES string of the molecule is C=C[C@H]1CCN(C)[C@H]1C(=O)C[N+]1(C)CC=CCC1. The number of nitrogens with zero attached hydrogens (tertiary/aromatic N) is 2. The number of ketones is 1. The summed E-state index contributed by atoms with van der Waals surface area (Å²) in [6.07, 6.45) is 8.55. The maximum absolute atomic E-state index is 12.6. The molecule has 2 aliphatic rings. The molecule has 1 saturated heterocycles. The van der Waals surface area contributed by atoms with Crippen LogP contribution in [0.3, 0.4) is 0 Å². The minimum Gasteiger partial charge on any atom is -0.316 e. The zero-order chi connectivity index (χ0) is 13.2. The maximum atomic E-state index is 12.6. The van der Waals surface area contributed by atoms with Crippen molar-refractivity contribution in [2.45, 2.75) is 18.9 Å². The summed E-state index contributed by atoms with van der Waals surface area (Å²) in [6.45, 7) is 7.61. The van der Waals surface area contributed by atoms with Gasteiger partial charge >= 0.3 is 0 Å². The molecule has 2 rings (SSSR count). The average Bonchev–Trinajstić information content (AvgIpc) is 2.70. The van der Waals surface area contributed by atoms with Crippen LogP contribution in [0.1, 0.15) is 12.8 Å². The van der Waals surface area contributed by atoms with E-state index in [4.69, 9.17) is 0 Å². The van der Waals surface area contributed by atoms with Crippen LogP contribution in [-0.2, 0) is 4.79 Å². The Morgan fingerprint density at radius 1 is 1.56 bits per heavy atom. The molecule has 100 valence electrons. The summed E-state index contributed by atoms with van der Waals surface area (Å²) in [5.74, 6) is 0.729. The van der Waals surface area contributed by atoms with E-state index in [1.54, 1.807) is 0 Å². The van der Waals surface area contributed by atoms with Crippen molar-refractivity contribution in [1.29, 1.82) is 0 Å². The van der Waals surface area contributed by atoms with E-state index in [1.807, 2.05) is 6.08 Å². The lowest BCUT2D eigenvalue weighted by atomic mass is 9.96. The van der Waals surface area contributed by atoms with Gasteiger partial charge in [0.05, 0.1) is 26.2 Å². The Bertz CT molecular complexity index is 364. The molecule has 0 amide bonds. The molecule has 0 aromatic carbocycles. The number of hydrogen-bond acceptors (Lipinski definition) is 2. The number of likely N-dealkylation sites (N-methyl/N-ethyl adjacent to an activating group) is 2. The summed E-state index contributed by atoms with van der Waals surface area (Å²) in [7, 11) is 4.25. The number of carbonyl (C=O) groups excluding carboxylic acids is 1. The van der Waals surface area contributed by atoms with Crippen molar-refractivity contribution in [3.05, 3.63) is 24.8 Å². The summed E-state index contributed by atoms with van der Waals surface area (Å²) in [6, 6.07) is 0.0587. The Kier molecular flexibility index (Phi) is 4.03. The first-order valence-electron chi connectivity index (χ1n) is 6.90. The summed E-state index contributed by atoms with van der Waals surface area (Å²) >= 11 is 0. The first-order valence-corrected chi connectivity index (χ1v) is 6.90. The van der Waals surface area contributed by atoms with Crippen LogP contribution in [0.2, 0.25) is 0 Å². The highest BCUT2D eigenvalue weighted by atomic mass is 16.1. The minimum absolute atomic E-state index is 0.0587. The topological polar surface area (TPSA) is 20.3 Å². The van der Waals surface area contributed by atoms with E-state index < -0.39 is 0 Å². The number of hydrogen-bond donors (Lipinski definition) is 0. The Labute approximate surface area is 110 Å². The van der Waals surface area contributed by atoms with Gasteiger partial charge in [0.1, 0.15) is 6.54 Å². The molecule has 1 unspecified atom stereocenters. The van der Waals surface area contributed by atoms with Crippen LogP contribution in [0, 0.1) is 5.92 Å². The summed E-state index contributed by atoms with van der Waals surface area (Å²) < 4.78 is 0.865. The fraction of sp³-hybridized carbons (Fsp3) is 0.667. The van der Waals surface area contributed by atoms with Crippen molar-refractivity contribution in [3.8, 4) is 0 Å². The van der Waals surface area contributed by atoms with Gasteiger partial charge in [-0.05, 0) is 26.1 Å². The molecular formula is C15H25N2O+. The first-order chi connectivity index (χ1) is 8.56. The quantitative estimate of drug-likeness (QED) is 0.555. The molecule has 18 heavy (non-hydrogen) atoms. The fourth-order valence-electron chi connectivity index (χ4n) is 3.25. The highest BCUT2D eigenvalue weighted by Gasteiger charge is 2.38. The number of rotatable bonds is 4. The molecular weight excluding hydrogens is 224 g/mol. The number of likely N-dealkylation sites (tertiary alicyclic amines) is 1. The van der Waals surface area contributed by atoms with Crippen molar-refractivity contribution in [2.75, 3.05) is 40.3 Å². The summed E-state index contributed by atoms with van der Waals surface area (Å²) in [5, 5.41) is 0. The maximum Gasteiger partial charge on any atom is 0.204 e. The molecule has 0 aliphatic carbocycles. The molecule has 0 saturated carbocycles. The number of Topliss-reactive ketones (excluding diaryl/α,β-unsaturated/α-hetero) is 1. The van der Waals surface area contributed by atoms with Crippen LogP contribution in [0.25, 0.3) is 0 Å². The van der Waals surface area contributed by atoms with Gasteiger partial charge < -0.3 is 4.48 Å². The van der Waals surface area contributed by atoms with Gasteiger partial charge in [0, 0.05) is 12.3 Å². The van der Waals surface area contributed by atoms with Gasteiger partial charge in [0.25, 0.3) is 0 Å². The highest BCUT2D eigenvalue weighted by Crippen LogP contribution is 2.25. The monoisotopic (exact) mass is 249 g/mol. The third kappa shape index (κ3) is 2.73. The molecule has 0 bridgehead atoms. The standard InChI is InChI=1S/C15H25N2O/c1-4-13-8-9-16(2)15(13)14(18)12-17(3)10-6-5-7-11-17/h4-6,13,15H,1,7-12H2,2-3H3/q+1/t13-,15+,17?/m0/s1. The predicted octanol–water partition coefficient (Wildman–Crippen LogP) is 1.47. The Hall–Kier alpha value is -0.930. The predicted molar refractivity (Wildman–Crippen MR) is 74.3 cm³/mol. The molecule has 3 nitrogen and oxygen atoms in total. The van der Waals surface area contributed by atoms with Crippen LogP contribution in [0.15, 0.2) is 24.8 Å². The van der Waals surface area contributed by atoms with Crippen LogP contribution >= 0.6 is 0 Å². The van der Waals surface area contributed by atoms with Gasteiger partial charge in [-0.2, -0.15) is 0 Å². The first kappa shape index (κ1) is 13.5. The molecule has 3 heteroatoms. The number of carbonyl (C=O) groups is 1. The third-order valence-electron chi connectivity index (χ3n) is 4.41. The van der Waals surface area contributed by atoms with Crippen molar-refractivity contribution in [1.82, 2.24) is 4.90 Å². The van der Waals surface area contributed by atoms with Crippen molar-refractivity contribution in [3.63, 3.8) is 0 Å². The van der Waals surface area contributed by atoms with Crippen molar-refractivity contribution < 1.29 is 9.28 Å². The normalized spacial score (nSPS) is 36.8. The molecule has 0 aromatic rings. The number of quaternary nitrogens is 1. The molecule has 2 aliphatic heterocycles. The largest absolute Gasteiger partial charge is 0.316 e. The van der Waals surface area contributed by atoms with Crippen LogP contribution in [-0.4, -0.2) is 61.5 Å². The van der Waals surface area contributed by atoms with E-state index in [0.29, 0.717) is 18.2 Å². The van der Waals surface area contributed by atoms with Gasteiger partial charge in [0.15, 0.2) is 0 Å². The second-order valence-electron chi connectivity index (χ2n) is 6.02. The van der Waals surface area contributed by atoms with E-state index >= 15 is 0 Å². The zero-order valence-electron chi connectivity index (χ0n) is 11.6. The second-order valence-corrected chi connectivity index (χ2v) is 6.02. The molecule has 0 aromatic heterocycles. The molecule has 0 N–H and O–H groups in total. The van der Waals surface area contributed by atoms with Crippen LogP contribution in [0.4, 0.5) is 0 Å². The highest BCUT2D eigenvalue weighted by molar-refractivity contribution is 5.86. The minimum atomic E-state index is 0.0587. The summed E-state index contributed by atoms with van der Waals surface area (Å²) in [5.41, 5.74) is 0. The van der Waals surface area contributed by atoms with Crippen LogP contribution in [0.5, 0.6) is 0 Å². The third-order valence-corrected chi connectivity index (χ3v) is 4.41. The van der Waals surface area contributed by atoms with E-state index in [1.165, 1.54) is 0 Å². The van der Waals surface area contributed by atoms with Crippen molar-refractivity contribution >= 4 is 5.78 Å². The van der Waals surface area contributed by atoms with E-state index in [0.717, 1.165) is 37.0 Å². The van der Waals surface area contributed by atoms with Crippen molar-refractivity contribution in [2.24, 2.45) is 5.92 Å². The van der Waals surface area contributed by atoms with E-state index in [2.05, 4.69) is 37.7 Å². The molecule has 1 fully saturated rings. The second kappa shape index (κ2) is 5.37. The van der Waals surface area contributed by atoms with Gasteiger partial charge in [0.2, 0.25) is 5.78 Å². The van der Waals surface area contributed by atoms with Gasteiger partial charge in [-0.15, -0.1) is 6.58 Å². The lowest BCUT2D eigenvalue weighted by Gasteiger charge is -2.36. The lowest BCUT2D eigenvalue weighted by molar-refractivity contribution is -0.897. The zero-order valence-corrected chi connectivity index (χ0v) is 11.6. The Morgan fingerprint density at radius 3 is 2.94 bits per heavy atom. The Morgan fingerprint density at radius 2 is 2.33 bits per heavy atom. The molecule has 3 atom stereocenters. The lowest BCUT2D eigenvalue weighted by Crippen LogP contribution is -2.53. The molecule has 2 heterocycles. The molecule has 0 radical (unpaired) electrons. The smallest absolute Gasteiger partial charge is 0.204 e. The molecule has 0 spiro atoms. The Balaban J connectivity index is 2.02. The fourth-order valence-corrected chi connectivity index (χ4v) is 3.25. The van der Waals surface area contributed by atoms with Gasteiger partial charge in [-0.1, -0.05) is 12.2 Å². The summed E-state index contributed by atoms with van der Waals surface area (Å²) in [4.78, 5) is 14.8. The van der Waals surface area contributed by atoms with E-state index in [9.17, 15) is 4.79 Å². The van der Waals surface area contributed by atoms with Gasteiger partial charge in [-0.25, -0.2) is 0 Å². The van der Waals surface area contributed by atoms with E-state index in [-0.39, 0.29) is 6.04 Å². The van der Waals surface area contributed by atoms with Gasteiger partial charge in [-0.3, -0.25) is 9.69 Å². The van der Waals surface area contributed by atoms with Crippen LogP contribution < -0.4 is 0 Å².